The second-order valence-corrected chi connectivity index (χ2v) is 5.68. The van der Waals surface area contributed by atoms with Crippen molar-refractivity contribution in [2.24, 2.45) is 4.99 Å². The zero-order valence-corrected chi connectivity index (χ0v) is 18.0. The van der Waals surface area contributed by atoms with Crippen LogP contribution in [0.2, 0.25) is 0 Å². The molecule has 27 heavy (non-hydrogen) atoms. The highest BCUT2D eigenvalue weighted by molar-refractivity contribution is 14.0. The second-order valence-electron chi connectivity index (χ2n) is 5.68. The molecule has 0 unspecified atom stereocenters. The molecule has 146 valence electrons. The number of para-hydroxylation sites is 1. The van der Waals surface area contributed by atoms with E-state index in [-0.39, 0.29) is 36.4 Å². The number of rotatable bonds is 8. The summed E-state index contributed by atoms with van der Waals surface area (Å²) in [6.07, 6.45) is 0.797. The number of guanidine groups is 1. The van der Waals surface area contributed by atoms with Gasteiger partial charge in [0.25, 0.3) is 0 Å². The lowest BCUT2D eigenvalue weighted by Crippen LogP contribution is -2.43. The lowest BCUT2D eigenvalue weighted by atomic mass is 10.1. The minimum absolute atomic E-state index is 0. The molecule has 7 heteroatoms. The molecule has 0 bridgehead atoms. The molecule has 0 spiro atoms. The molecule has 0 heterocycles. The van der Waals surface area contributed by atoms with Crippen LogP contribution in [0.3, 0.4) is 0 Å². The van der Waals surface area contributed by atoms with Crippen LogP contribution in [0.4, 0.5) is 0 Å². The molecule has 1 amide bonds. The summed E-state index contributed by atoms with van der Waals surface area (Å²) in [5.41, 5.74) is 2.19. The first-order chi connectivity index (χ1) is 12.7. The maximum Gasteiger partial charge on any atom is 0.239 e. The van der Waals surface area contributed by atoms with Crippen LogP contribution in [-0.4, -0.2) is 39.1 Å². The van der Waals surface area contributed by atoms with Crippen LogP contribution in [0.1, 0.15) is 11.1 Å². The van der Waals surface area contributed by atoms with E-state index < -0.39 is 0 Å². The van der Waals surface area contributed by atoms with Crippen LogP contribution in [-0.2, 0) is 17.8 Å². The maximum absolute atomic E-state index is 11.9. The lowest BCUT2D eigenvalue weighted by Gasteiger charge is -2.13. The van der Waals surface area contributed by atoms with E-state index in [0.29, 0.717) is 19.0 Å². The highest BCUT2D eigenvalue weighted by atomic mass is 127. The van der Waals surface area contributed by atoms with Crippen LogP contribution >= 0.6 is 24.0 Å². The predicted molar refractivity (Wildman–Crippen MR) is 120 cm³/mol. The fraction of sp³-hybridized carbons (Fsp3) is 0.300. The molecule has 0 radical (unpaired) electrons. The number of aliphatic imine (C=N–C) groups is 1. The van der Waals surface area contributed by atoms with E-state index in [9.17, 15) is 4.79 Å². The number of methoxy groups -OCH3 is 1. The van der Waals surface area contributed by atoms with Crippen molar-refractivity contribution in [3.8, 4) is 5.75 Å². The molecule has 2 aromatic rings. The number of nitrogens with zero attached hydrogens (tertiary/aromatic N) is 1. The third-order valence-electron chi connectivity index (χ3n) is 3.85. The van der Waals surface area contributed by atoms with Crippen molar-refractivity contribution < 1.29 is 9.53 Å². The van der Waals surface area contributed by atoms with Gasteiger partial charge in [0.15, 0.2) is 5.96 Å². The number of carbonyl (C=O) groups excluding carboxylic acids is 1. The fourth-order valence-corrected chi connectivity index (χ4v) is 2.47. The monoisotopic (exact) mass is 482 g/mol. The molecule has 0 saturated carbocycles. The number of amides is 1. The zero-order chi connectivity index (χ0) is 18.6. The molecule has 0 aliphatic carbocycles. The average Bonchev–Trinajstić information content (AvgIpc) is 2.70. The van der Waals surface area contributed by atoms with Gasteiger partial charge in [0.1, 0.15) is 5.75 Å². The Morgan fingerprint density at radius 2 is 1.70 bits per heavy atom. The number of ether oxygens (including phenoxy) is 1. The molecule has 0 atom stereocenters. The third-order valence-corrected chi connectivity index (χ3v) is 3.85. The van der Waals surface area contributed by atoms with Gasteiger partial charge < -0.3 is 20.7 Å². The van der Waals surface area contributed by atoms with Gasteiger partial charge in [0.2, 0.25) is 5.91 Å². The van der Waals surface area contributed by atoms with E-state index in [1.54, 1.807) is 14.2 Å². The van der Waals surface area contributed by atoms with Gasteiger partial charge in [-0.25, -0.2) is 0 Å². The summed E-state index contributed by atoms with van der Waals surface area (Å²) < 4.78 is 5.34. The van der Waals surface area contributed by atoms with Crippen molar-refractivity contribution in [3.05, 3.63) is 65.7 Å². The van der Waals surface area contributed by atoms with E-state index >= 15 is 0 Å². The number of hydrogen-bond donors (Lipinski definition) is 3. The molecular weight excluding hydrogens is 455 g/mol. The van der Waals surface area contributed by atoms with E-state index in [2.05, 4.69) is 20.9 Å². The Labute approximate surface area is 177 Å². The third kappa shape index (κ3) is 8.29. The zero-order valence-electron chi connectivity index (χ0n) is 15.7. The van der Waals surface area contributed by atoms with Crippen LogP contribution in [0.15, 0.2) is 59.6 Å². The summed E-state index contributed by atoms with van der Waals surface area (Å²) >= 11 is 0. The van der Waals surface area contributed by atoms with Crippen molar-refractivity contribution in [2.45, 2.75) is 13.0 Å². The number of halogens is 1. The molecule has 0 fully saturated rings. The van der Waals surface area contributed by atoms with Crippen molar-refractivity contribution in [2.75, 3.05) is 27.2 Å². The Bertz CT molecular complexity index is 723. The first-order valence-corrected chi connectivity index (χ1v) is 8.60. The molecular formula is C20H27IN4O2. The minimum Gasteiger partial charge on any atom is -0.496 e. The van der Waals surface area contributed by atoms with Gasteiger partial charge >= 0.3 is 0 Å². The lowest BCUT2D eigenvalue weighted by molar-refractivity contribution is -0.120. The van der Waals surface area contributed by atoms with Gasteiger partial charge in [0, 0.05) is 20.1 Å². The molecule has 2 aromatic carbocycles. The summed E-state index contributed by atoms with van der Waals surface area (Å²) in [4.78, 5) is 16.1. The quantitative estimate of drug-likeness (QED) is 0.307. The number of nitrogens with one attached hydrogen (secondary N) is 3. The smallest absolute Gasteiger partial charge is 0.239 e. The Morgan fingerprint density at radius 3 is 2.41 bits per heavy atom. The van der Waals surface area contributed by atoms with Gasteiger partial charge in [-0.2, -0.15) is 0 Å². The van der Waals surface area contributed by atoms with E-state index in [1.165, 1.54) is 0 Å². The summed E-state index contributed by atoms with van der Waals surface area (Å²) in [7, 11) is 3.35. The predicted octanol–water partition coefficient (Wildman–Crippen LogP) is 2.34. The van der Waals surface area contributed by atoms with Gasteiger partial charge in [-0.1, -0.05) is 48.5 Å². The van der Waals surface area contributed by atoms with E-state index in [1.807, 2.05) is 54.6 Å². The first-order valence-electron chi connectivity index (χ1n) is 8.60. The van der Waals surface area contributed by atoms with E-state index in [0.717, 1.165) is 23.3 Å². The Balaban J connectivity index is 0.00000364. The van der Waals surface area contributed by atoms with Crippen molar-refractivity contribution in [3.63, 3.8) is 0 Å². The standard InChI is InChI=1S/C20H26N4O2.HI/c1-21-20(22-13-12-17-10-6-7-11-18(17)26-2)24-15-19(25)23-14-16-8-4-3-5-9-16;/h3-11H,12-15H2,1-2H3,(H,23,25)(H2,21,22,24);1H. The second kappa shape index (κ2) is 13.0. The van der Waals surface area contributed by atoms with E-state index in [4.69, 9.17) is 4.74 Å². The topological polar surface area (TPSA) is 74.8 Å². The fourth-order valence-electron chi connectivity index (χ4n) is 2.47. The molecule has 3 N–H and O–H groups in total. The Hall–Kier alpha value is -2.29. The number of hydrogen-bond acceptors (Lipinski definition) is 3. The molecule has 0 saturated heterocycles. The van der Waals surface area contributed by atoms with Gasteiger partial charge in [-0.3, -0.25) is 9.79 Å². The highest BCUT2D eigenvalue weighted by Crippen LogP contribution is 2.17. The largest absolute Gasteiger partial charge is 0.496 e. The summed E-state index contributed by atoms with van der Waals surface area (Å²) in [5.74, 6) is 1.38. The molecule has 0 aromatic heterocycles. The SMILES string of the molecule is CN=C(NCCc1ccccc1OC)NCC(=O)NCc1ccccc1.I. The van der Waals surface area contributed by atoms with Crippen molar-refractivity contribution >= 4 is 35.8 Å². The summed E-state index contributed by atoms with van der Waals surface area (Å²) in [6.45, 7) is 1.37. The maximum atomic E-state index is 11.9. The molecule has 6 nitrogen and oxygen atoms in total. The van der Waals surface area contributed by atoms with Gasteiger partial charge in [-0.15, -0.1) is 24.0 Å². The average molecular weight is 482 g/mol. The first kappa shape index (κ1) is 22.8. The number of benzene rings is 2. The van der Waals surface area contributed by atoms with Crippen molar-refractivity contribution in [1.82, 2.24) is 16.0 Å². The van der Waals surface area contributed by atoms with Gasteiger partial charge in [-0.05, 0) is 23.6 Å². The Morgan fingerprint density at radius 1 is 1.00 bits per heavy atom. The number of carbonyl (C=O) groups is 1. The van der Waals surface area contributed by atoms with Crippen LogP contribution < -0.4 is 20.7 Å². The molecule has 0 aliphatic rings. The van der Waals surface area contributed by atoms with Crippen LogP contribution in [0.5, 0.6) is 5.75 Å². The minimum atomic E-state index is -0.0819. The highest BCUT2D eigenvalue weighted by Gasteiger charge is 2.05. The molecule has 0 aliphatic heterocycles. The Kier molecular flexibility index (Phi) is 10.9. The summed E-state index contributed by atoms with van der Waals surface area (Å²) in [5, 5.41) is 9.09. The molecule has 2 rings (SSSR count). The van der Waals surface area contributed by atoms with Crippen molar-refractivity contribution in [1.29, 1.82) is 0 Å². The van der Waals surface area contributed by atoms with Gasteiger partial charge in [0.05, 0.1) is 13.7 Å². The van der Waals surface area contributed by atoms with Crippen LogP contribution in [0, 0.1) is 0 Å². The normalized spacial score (nSPS) is 10.5. The summed E-state index contributed by atoms with van der Waals surface area (Å²) in [6, 6.07) is 17.7. The van der Waals surface area contributed by atoms with Crippen LogP contribution in [0.25, 0.3) is 0 Å².